The van der Waals surface area contributed by atoms with Crippen LogP contribution in [0.1, 0.15) is 78.6 Å². The molecule has 0 N–H and O–H groups in total. The zero-order valence-corrected chi connectivity index (χ0v) is 25.7. The van der Waals surface area contributed by atoms with Crippen molar-refractivity contribution in [2.24, 2.45) is 23.2 Å². The number of hydrogen-bond donors (Lipinski definition) is 0. The minimum absolute atomic E-state index is 0.0850. The van der Waals surface area contributed by atoms with Crippen molar-refractivity contribution in [3.05, 3.63) is 59.7 Å². The maximum Gasteiger partial charge on any atom is 0.338 e. The van der Waals surface area contributed by atoms with Crippen molar-refractivity contribution in [3.8, 4) is 0 Å². The predicted octanol–water partition coefficient (Wildman–Crippen LogP) is 5.17. The van der Waals surface area contributed by atoms with Crippen LogP contribution in [0.25, 0.3) is 0 Å². The van der Waals surface area contributed by atoms with E-state index in [-0.39, 0.29) is 24.5 Å². The molecule has 0 aliphatic heterocycles. The molecule has 42 heavy (non-hydrogen) atoms. The van der Waals surface area contributed by atoms with Gasteiger partial charge < -0.3 is 18.9 Å². The van der Waals surface area contributed by atoms with E-state index in [0.717, 1.165) is 0 Å². The lowest BCUT2D eigenvalue weighted by Gasteiger charge is -2.43. The van der Waals surface area contributed by atoms with Crippen molar-refractivity contribution in [2.75, 3.05) is 0 Å². The largest absolute Gasteiger partial charge is 0.458 e. The molecule has 0 amide bonds. The van der Waals surface area contributed by atoms with Gasteiger partial charge in [-0.3, -0.25) is 19.2 Å². The highest BCUT2D eigenvalue weighted by atomic mass is 16.6. The maximum atomic E-state index is 13.4. The van der Waals surface area contributed by atoms with Gasteiger partial charge in [-0.25, -0.2) is 4.79 Å². The summed E-state index contributed by atoms with van der Waals surface area (Å²) in [5, 5.41) is 0. The lowest BCUT2D eigenvalue weighted by Crippen LogP contribution is -2.55. The van der Waals surface area contributed by atoms with E-state index >= 15 is 0 Å². The van der Waals surface area contributed by atoms with Crippen molar-refractivity contribution < 1.29 is 42.9 Å². The van der Waals surface area contributed by atoms with E-state index < -0.39 is 65.0 Å². The van der Waals surface area contributed by atoms with Crippen molar-refractivity contribution in [1.82, 2.24) is 0 Å². The van der Waals surface area contributed by atoms with Crippen LogP contribution in [0.4, 0.5) is 0 Å². The van der Waals surface area contributed by atoms with Gasteiger partial charge in [-0.1, -0.05) is 50.3 Å². The third-order valence-electron chi connectivity index (χ3n) is 8.12. The number of ether oxygens (including phenoxy) is 4. The molecule has 1 fully saturated rings. The Hall–Kier alpha value is -3.75. The van der Waals surface area contributed by atoms with Crippen LogP contribution in [0.5, 0.6) is 0 Å². The quantitative estimate of drug-likeness (QED) is 0.263. The third-order valence-corrected chi connectivity index (χ3v) is 8.12. The minimum atomic E-state index is -1.45. The predicted molar refractivity (Wildman–Crippen MR) is 154 cm³/mol. The van der Waals surface area contributed by atoms with E-state index in [1.165, 1.54) is 20.8 Å². The molecule has 0 saturated heterocycles. The number of hydrogen-bond acceptors (Lipinski definition) is 9. The van der Waals surface area contributed by atoms with Crippen LogP contribution in [0.3, 0.4) is 0 Å². The lowest BCUT2D eigenvalue weighted by molar-refractivity contribution is -0.195. The Morgan fingerprint density at radius 3 is 2.07 bits per heavy atom. The summed E-state index contributed by atoms with van der Waals surface area (Å²) in [6.45, 7) is 12.8. The second-order valence-electron chi connectivity index (χ2n) is 12.1. The summed E-state index contributed by atoms with van der Waals surface area (Å²) >= 11 is 0. The molecule has 0 aromatic heterocycles. The first-order valence-electron chi connectivity index (χ1n) is 14.3. The summed E-state index contributed by atoms with van der Waals surface area (Å²) in [5.74, 6) is -4.12. The number of esters is 4. The molecule has 9 nitrogen and oxygen atoms in total. The molecule has 3 rings (SSSR count). The Kier molecular flexibility index (Phi) is 10.2. The fraction of sp³-hybridized carbons (Fsp3) is 0.545. The van der Waals surface area contributed by atoms with Crippen molar-refractivity contribution >= 4 is 29.7 Å². The van der Waals surface area contributed by atoms with Gasteiger partial charge in [0.05, 0.1) is 11.5 Å². The summed E-state index contributed by atoms with van der Waals surface area (Å²) in [4.78, 5) is 64.0. The van der Waals surface area contributed by atoms with Crippen LogP contribution in [0.15, 0.2) is 54.1 Å². The molecule has 7 atom stereocenters. The van der Waals surface area contributed by atoms with Gasteiger partial charge in [0.1, 0.15) is 24.1 Å². The van der Waals surface area contributed by atoms with Crippen LogP contribution in [-0.4, -0.2) is 53.6 Å². The summed E-state index contributed by atoms with van der Waals surface area (Å²) in [5.41, 5.74) is -1.51. The van der Waals surface area contributed by atoms with Gasteiger partial charge in [0.15, 0.2) is 5.60 Å². The number of ketones is 1. The number of rotatable bonds is 5. The van der Waals surface area contributed by atoms with Crippen molar-refractivity contribution in [2.45, 2.75) is 92.1 Å². The first kappa shape index (κ1) is 32.8. The van der Waals surface area contributed by atoms with Crippen LogP contribution >= 0.6 is 0 Å². The second kappa shape index (κ2) is 13.0. The first-order valence-corrected chi connectivity index (χ1v) is 14.3. The number of fused-ring (bicyclic) bond motifs is 1. The Bertz CT molecular complexity index is 1260. The topological polar surface area (TPSA) is 122 Å². The third kappa shape index (κ3) is 7.36. The number of Topliss-reactive ketones (excluding diaryl/α,β-unsaturated/α-hetero) is 1. The van der Waals surface area contributed by atoms with Gasteiger partial charge in [-0.2, -0.15) is 0 Å². The molecule has 2 aliphatic rings. The van der Waals surface area contributed by atoms with Gasteiger partial charge in [-0.15, -0.1) is 0 Å². The Balaban J connectivity index is 2.29. The molecule has 9 heteroatoms. The lowest BCUT2D eigenvalue weighted by atomic mass is 9.75. The average Bonchev–Trinajstić information content (AvgIpc) is 3.14. The Labute approximate surface area is 247 Å². The summed E-state index contributed by atoms with van der Waals surface area (Å²) in [6, 6.07) is 8.52. The van der Waals surface area contributed by atoms with Crippen molar-refractivity contribution in [3.63, 3.8) is 0 Å². The SMILES string of the molecule is CC(=O)O[C@@H]1[C@@H](C)/C=C/C(C)(C)C(=O)C[C@@H](OC(C)=O)/C(C)=C/[C@H]2[C@@H](OC(=O)c3ccccc3)[C@H](C)C[C@]12OC(C)=O. The smallest absolute Gasteiger partial charge is 0.338 e. The molecule has 0 radical (unpaired) electrons. The Morgan fingerprint density at radius 1 is 0.881 bits per heavy atom. The molecule has 1 aromatic rings. The molecule has 0 bridgehead atoms. The highest BCUT2D eigenvalue weighted by Crippen LogP contribution is 2.51. The van der Waals surface area contributed by atoms with E-state index in [0.29, 0.717) is 11.1 Å². The van der Waals surface area contributed by atoms with Gasteiger partial charge in [0.25, 0.3) is 0 Å². The highest BCUT2D eigenvalue weighted by molar-refractivity contribution is 5.89. The summed E-state index contributed by atoms with van der Waals surface area (Å²) < 4.78 is 23.8. The monoisotopic (exact) mass is 582 g/mol. The van der Waals surface area contributed by atoms with E-state index in [9.17, 15) is 24.0 Å². The zero-order valence-electron chi connectivity index (χ0n) is 25.7. The molecule has 0 heterocycles. The maximum absolute atomic E-state index is 13.4. The fourth-order valence-electron chi connectivity index (χ4n) is 6.05. The van der Waals surface area contributed by atoms with Crippen LogP contribution in [0, 0.1) is 23.2 Å². The zero-order chi connectivity index (χ0) is 31.4. The summed E-state index contributed by atoms with van der Waals surface area (Å²) in [7, 11) is 0. The molecule has 0 unspecified atom stereocenters. The van der Waals surface area contributed by atoms with Crippen LogP contribution in [-0.2, 0) is 38.1 Å². The number of carbonyl (C=O) groups is 5. The molecule has 1 saturated carbocycles. The molecule has 0 spiro atoms. The van der Waals surface area contributed by atoms with E-state index in [4.69, 9.17) is 18.9 Å². The Morgan fingerprint density at radius 2 is 1.50 bits per heavy atom. The van der Waals surface area contributed by atoms with Gasteiger partial charge in [0, 0.05) is 38.5 Å². The van der Waals surface area contributed by atoms with Crippen LogP contribution < -0.4 is 0 Å². The fourth-order valence-corrected chi connectivity index (χ4v) is 6.05. The molecular weight excluding hydrogens is 540 g/mol. The molecular formula is C33H42O9. The molecule has 1 aromatic carbocycles. The van der Waals surface area contributed by atoms with E-state index in [2.05, 4.69) is 0 Å². The number of allylic oxidation sites excluding steroid dienone is 1. The minimum Gasteiger partial charge on any atom is -0.458 e. The second-order valence-corrected chi connectivity index (χ2v) is 12.1. The first-order chi connectivity index (χ1) is 19.6. The van der Waals surface area contributed by atoms with Gasteiger partial charge >= 0.3 is 23.9 Å². The van der Waals surface area contributed by atoms with Crippen LogP contribution in [0.2, 0.25) is 0 Å². The van der Waals surface area contributed by atoms with Gasteiger partial charge in [0.2, 0.25) is 0 Å². The molecule has 2 aliphatic carbocycles. The summed E-state index contributed by atoms with van der Waals surface area (Å²) in [6.07, 6.45) is 2.67. The number of carbonyl (C=O) groups excluding carboxylic acids is 5. The normalized spacial score (nSPS) is 33.0. The van der Waals surface area contributed by atoms with E-state index in [1.807, 2.05) is 13.8 Å². The number of benzene rings is 1. The van der Waals surface area contributed by atoms with Crippen molar-refractivity contribution in [1.29, 1.82) is 0 Å². The highest BCUT2D eigenvalue weighted by Gasteiger charge is 2.62. The standard InChI is InChI=1S/C33H42O9/c1-19-14-15-32(7,8)28(37)17-27(39-22(4)34)20(2)16-26-29(41-31(38)25-12-10-9-11-13-25)21(3)18-33(26,42-24(6)36)30(19)40-23(5)35/h9-16,19,21,26-27,29-30H,17-18H2,1-8H3/b15-14+,20-16+/t19-,21+,26-,27+,29-,30+,33+/m0/s1. The molecule has 228 valence electrons. The average molecular weight is 583 g/mol. The van der Waals surface area contributed by atoms with E-state index in [1.54, 1.807) is 69.3 Å². The van der Waals surface area contributed by atoms with Gasteiger partial charge in [-0.05, 0) is 50.8 Å².